The highest BCUT2D eigenvalue weighted by molar-refractivity contribution is 5.74. The van der Waals surface area contributed by atoms with Gasteiger partial charge >= 0.3 is 5.97 Å². The van der Waals surface area contributed by atoms with Crippen molar-refractivity contribution in [1.82, 2.24) is 0 Å². The lowest BCUT2D eigenvalue weighted by molar-refractivity contribution is -0.136. The average molecular weight is 346 g/mol. The molecule has 0 saturated heterocycles. The number of esters is 1. The summed E-state index contributed by atoms with van der Waals surface area (Å²) in [5, 5.41) is 17.5. The molecule has 0 N–H and O–H groups in total. The summed E-state index contributed by atoms with van der Waals surface area (Å²) in [4.78, 5) is 11.9. The Morgan fingerprint density at radius 2 is 1.62 bits per heavy atom. The van der Waals surface area contributed by atoms with Crippen molar-refractivity contribution in [3.63, 3.8) is 0 Å². The summed E-state index contributed by atoms with van der Waals surface area (Å²) in [7, 11) is 0. The number of carbonyl (C=O) groups excluding carboxylic acids is 1. The quantitative estimate of drug-likeness (QED) is 0.429. The minimum absolute atomic E-state index is 0.00750. The van der Waals surface area contributed by atoms with E-state index >= 15 is 0 Å². The van der Waals surface area contributed by atoms with Gasteiger partial charge < -0.3 is 9.47 Å². The van der Waals surface area contributed by atoms with E-state index in [1.807, 2.05) is 24.3 Å². The third-order valence-corrected chi connectivity index (χ3v) is 3.48. The Labute approximate surface area is 152 Å². The third kappa shape index (κ3) is 5.81. The maximum atomic E-state index is 11.9. The van der Waals surface area contributed by atoms with Crippen LogP contribution >= 0.6 is 0 Å². The van der Waals surface area contributed by atoms with E-state index in [1.54, 1.807) is 36.4 Å². The number of aryl methyl sites for hydroxylation is 1. The summed E-state index contributed by atoms with van der Waals surface area (Å²) in [6.07, 6.45) is 3.55. The maximum absolute atomic E-state index is 11.9. The van der Waals surface area contributed by atoms with Gasteiger partial charge in [-0.05, 0) is 47.9 Å². The molecule has 2 rings (SSSR count). The fraction of sp³-hybridized carbons (Fsp3) is 0.190. The predicted octanol–water partition coefficient (Wildman–Crippen LogP) is 4.05. The number of benzene rings is 2. The van der Waals surface area contributed by atoms with Crippen LogP contribution in [0.4, 0.5) is 0 Å². The van der Waals surface area contributed by atoms with E-state index in [4.69, 9.17) is 20.0 Å². The van der Waals surface area contributed by atoms with Gasteiger partial charge in [-0.15, -0.1) is 0 Å². The summed E-state index contributed by atoms with van der Waals surface area (Å²) in [6, 6.07) is 17.7. The van der Waals surface area contributed by atoms with E-state index < -0.39 is 5.97 Å². The highest BCUT2D eigenvalue weighted by Gasteiger charge is 2.06. The van der Waals surface area contributed by atoms with E-state index in [0.29, 0.717) is 17.1 Å². The maximum Gasteiger partial charge on any atom is 0.349 e. The molecule has 2 aromatic carbocycles. The zero-order chi connectivity index (χ0) is 18.8. The lowest BCUT2D eigenvalue weighted by atomic mass is 10.1. The Hall–Kier alpha value is -3.57. The first-order chi connectivity index (χ1) is 12.6. The highest BCUT2D eigenvalue weighted by Crippen LogP contribution is 2.16. The first-order valence-corrected chi connectivity index (χ1v) is 8.19. The van der Waals surface area contributed by atoms with Crippen LogP contribution in [0.25, 0.3) is 6.08 Å². The summed E-state index contributed by atoms with van der Waals surface area (Å²) in [5.41, 5.74) is 1.91. The number of hydrogen-bond acceptors (Lipinski definition) is 5. The number of rotatable bonds is 7. The lowest BCUT2D eigenvalue weighted by Crippen LogP contribution is -2.17. The SMILES string of the molecule is CCCc1ccc(OCC(=O)Oc2ccc(C=C(C#N)C#N)cc2)cc1. The van der Waals surface area contributed by atoms with Crippen LogP contribution in [0, 0.1) is 22.7 Å². The molecule has 0 aliphatic carbocycles. The van der Waals surface area contributed by atoms with Gasteiger partial charge in [-0.2, -0.15) is 10.5 Å². The van der Waals surface area contributed by atoms with Crippen molar-refractivity contribution in [3.8, 4) is 23.6 Å². The number of nitrogens with zero attached hydrogens (tertiary/aromatic N) is 2. The molecule has 26 heavy (non-hydrogen) atoms. The fourth-order valence-electron chi connectivity index (χ4n) is 2.23. The molecule has 0 aliphatic rings. The Kier molecular flexibility index (Phi) is 6.97. The van der Waals surface area contributed by atoms with Gasteiger partial charge in [0, 0.05) is 0 Å². The molecular formula is C21H18N2O3. The van der Waals surface area contributed by atoms with E-state index in [0.717, 1.165) is 12.8 Å². The van der Waals surface area contributed by atoms with Gasteiger partial charge in [0.1, 0.15) is 29.2 Å². The van der Waals surface area contributed by atoms with Crippen molar-refractivity contribution in [2.24, 2.45) is 0 Å². The van der Waals surface area contributed by atoms with Gasteiger partial charge in [-0.3, -0.25) is 0 Å². The number of hydrogen-bond donors (Lipinski definition) is 0. The van der Waals surface area contributed by atoms with Crippen LogP contribution < -0.4 is 9.47 Å². The van der Waals surface area contributed by atoms with Crippen LogP contribution in [0.15, 0.2) is 54.1 Å². The molecule has 0 heterocycles. The van der Waals surface area contributed by atoms with Gasteiger partial charge in [-0.1, -0.05) is 37.6 Å². The average Bonchev–Trinajstić information content (AvgIpc) is 2.67. The summed E-state index contributed by atoms with van der Waals surface area (Å²) in [5.74, 6) is 0.466. The zero-order valence-corrected chi connectivity index (χ0v) is 14.4. The van der Waals surface area contributed by atoms with Gasteiger partial charge in [0.05, 0.1) is 0 Å². The van der Waals surface area contributed by atoms with Crippen LogP contribution in [0.3, 0.4) is 0 Å². The standard InChI is InChI=1S/C21H18N2O3/c1-2-3-16-4-8-19(9-5-16)25-15-21(24)26-20-10-6-17(7-11-20)12-18(13-22)14-23/h4-12H,2-3,15H2,1H3. The molecule has 130 valence electrons. The Morgan fingerprint density at radius 1 is 1.00 bits per heavy atom. The molecule has 0 fully saturated rings. The molecule has 0 aliphatic heterocycles. The van der Waals surface area contributed by atoms with Gasteiger partial charge in [0.25, 0.3) is 0 Å². The molecule has 0 spiro atoms. The van der Waals surface area contributed by atoms with Crippen molar-refractivity contribution in [2.45, 2.75) is 19.8 Å². The van der Waals surface area contributed by atoms with Crippen molar-refractivity contribution in [3.05, 3.63) is 65.2 Å². The number of nitriles is 2. The second-order valence-corrected chi connectivity index (χ2v) is 5.51. The van der Waals surface area contributed by atoms with Crippen molar-refractivity contribution >= 4 is 12.0 Å². The van der Waals surface area contributed by atoms with Crippen molar-refractivity contribution in [1.29, 1.82) is 10.5 Å². The minimum Gasteiger partial charge on any atom is -0.482 e. The molecule has 0 saturated carbocycles. The molecule has 0 unspecified atom stereocenters. The summed E-state index contributed by atoms with van der Waals surface area (Å²) >= 11 is 0. The normalized spacial score (nSPS) is 9.50. The summed E-state index contributed by atoms with van der Waals surface area (Å²) in [6.45, 7) is 1.93. The second kappa shape index (κ2) is 9.66. The topological polar surface area (TPSA) is 83.1 Å². The Morgan fingerprint density at radius 3 is 2.19 bits per heavy atom. The van der Waals surface area contributed by atoms with E-state index in [-0.39, 0.29) is 12.2 Å². The summed E-state index contributed by atoms with van der Waals surface area (Å²) < 4.78 is 10.6. The Bertz CT molecular complexity index is 838. The molecule has 0 aromatic heterocycles. The first-order valence-electron chi connectivity index (χ1n) is 8.19. The number of allylic oxidation sites excluding steroid dienone is 1. The molecule has 0 bridgehead atoms. The van der Waals surface area contributed by atoms with E-state index in [1.165, 1.54) is 11.6 Å². The van der Waals surface area contributed by atoms with Gasteiger partial charge in [0.2, 0.25) is 0 Å². The lowest BCUT2D eigenvalue weighted by Gasteiger charge is -2.07. The third-order valence-electron chi connectivity index (χ3n) is 3.48. The van der Waals surface area contributed by atoms with Crippen LogP contribution in [-0.2, 0) is 11.2 Å². The number of ether oxygens (including phenoxy) is 2. The number of carbonyl (C=O) groups is 1. The van der Waals surface area contributed by atoms with E-state index in [2.05, 4.69) is 6.92 Å². The minimum atomic E-state index is -0.513. The molecule has 2 aromatic rings. The van der Waals surface area contributed by atoms with Crippen LogP contribution in [0.1, 0.15) is 24.5 Å². The molecule has 5 heteroatoms. The largest absolute Gasteiger partial charge is 0.482 e. The highest BCUT2D eigenvalue weighted by atomic mass is 16.6. The molecule has 0 radical (unpaired) electrons. The van der Waals surface area contributed by atoms with Gasteiger partial charge in [0.15, 0.2) is 6.61 Å². The monoisotopic (exact) mass is 346 g/mol. The first kappa shape index (κ1) is 18.8. The van der Waals surface area contributed by atoms with Crippen molar-refractivity contribution in [2.75, 3.05) is 6.61 Å². The molecule has 5 nitrogen and oxygen atoms in total. The molecule has 0 amide bonds. The van der Waals surface area contributed by atoms with Crippen LogP contribution in [0.5, 0.6) is 11.5 Å². The second-order valence-electron chi connectivity index (χ2n) is 5.51. The van der Waals surface area contributed by atoms with Gasteiger partial charge in [-0.25, -0.2) is 4.79 Å². The zero-order valence-electron chi connectivity index (χ0n) is 14.4. The smallest absolute Gasteiger partial charge is 0.349 e. The predicted molar refractivity (Wildman–Crippen MR) is 97.2 cm³/mol. The molecule has 0 atom stereocenters. The van der Waals surface area contributed by atoms with Crippen molar-refractivity contribution < 1.29 is 14.3 Å². The molecular weight excluding hydrogens is 328 g/mol. The van der Waals surface area contributed by atoms with E-state index in [9.17, 15) is 4.79 Å². The fourth-order valence-corrected chi connectivity index (χ4v) is 2.23. The van der Waals surface area contributed by atoms with Crippen LogP contribution in [-0.4, -0.2) is 12.6 Å². The van der Waals surface area contributed by atoms with Crippen LogP contribution in [0.2, 0.25) is 0 Å². The Balaban J connectivity index is 1.87.